The van der Waals surface area contributed by atoms with Crippen LogP contribution in [-0.4, -0.2) is 36.4 Å². The average molecular weight is 407 g/mol. The Balaban J connectivity index is 1.32. The number of benzene rings is 2. The smallest absolute Gasteiger partial charge is 0.234 e. The van der Waals surface area contributed by atoms with Gasteiger partial charge in [-0.15, -0.1) is 10.2 Å². The Morgan fingerprint density at radius 3 is 2.83 bits per heavy atom. The molecule has 0 aliphatic carbocycles. The van der Waals surface area contributed by atoms with Crippen molar-refractivity contribution in [3.8, 4) is 0 Å². The number of carbonyl (C=O) groups excluding carboxylic acids is 1. The first-order valence-electron chi connectivity index (χ1n) is 9.40. The lowest BCUT2D eigenvalue weighted by atomic mass is 10.2. The van der Waals surface area contributed by atoms with Gasteiger partial charge in [-0.25, -0.2) is 4.98 Å². The number of imidazole rings is 1. The molecule has 2 aromatic carbocycles. The number of hydrogen-bond donors (Lipinski definition) is 2. The van der Waals surface area contributed by atoms with Gasteiger partial charge in [0.05, 0.1) is 16.8 Å². The standard InChI is InChI=1S/C21H22N6OS/c1-14-6-5-7-15(12-14)22-20(28)13-29-21-26-25-19(27(21)2)11-10-18-23-16-8-3-4-9-17(16)24-18/h3-9,12H,10-11,13H2,1-2H3,(H,22,28)(H,23,24). The van der Waals surface area contributed by atoms with Crippen LogP contribution in [0.5, 0.6) is 0 Å². The fourth-order valence-corrected chi connectivity index (χ4v) is 3.82. The van der Waals surface area contributed by atoms with E-state index in [1.165, 1.54) is 11.8 Å². The number of nitrogens with one attached hydrogen (secondary N) is 2. The molecule has 4 rings (SSSR count). The summed E-state index contributed by atoms with van der Waals surface area (Å²) < 4.78 is 1.94. The van der Waals surface area contributed by atoms with Crippen LogP contribution >= 0.6 is 11.8 Å². The van der Waals surface area contributed by atoms with E-state index in [0.29, 0.717) is 0 Å². The predicted octanol–water partition coefficient (Wildman–Crippen LogP) is 3.52. The number of amides is 1. The Kier molecular flexibility index (Phi) is 5.62. The summed E-state index contributed by atoms with van der Waals surface area (Å²) >= 11 is 1.38. The van der Waals surface area contributed by atoms with E-state index in [0.717, 1.165) is 51.9 Å². The molecule has 1 amide bonds. The summed E-state index contributed by atoms with van der Waals surface area (Å²) in [5.74, 6) is 2.02. The molecule has 2 aromatic heterocycles. The molecular weight excluding hydrogens is 384 g/mol. The highest BCUT2D eigenvalue weighted by atomic mass is 32.2. The van der Waals surface area contributed by atoms with Crippen molar-refractivity contribution in [3.05, 3.63) is 65.7 Å². The number of hydrogen-bond acceptors (Lipinski definition) is 5. The highest BCUT2D eigenvalue weighted by Gasteiger charge is 2.13. The Hall–Kier alpha value is -3.13. The van der Waals surface area contributed by atoms with E-state index in [-0.39, 0.29) is 11.7 Å². The third-order valence-electron chi connectivity index (χ3n) is 4.58. The number of para-hydroxylation sites is 2. The molecule has 0 aliphatic heterocycles. The van der Waals surface area contributed by atoms with Gasteiger partial charge in [0.15, 0.2) is 5.16 Å². The minimum atomic E-state index is -0.0626. The van der Waals surface area contributed by atoms with Crippen LogP contribution in [0.15, 0.2) is 53.7 Å². The fourth-order valence-electron chi connectivity index (χ4n) is 3.09. The number of fused-ring (bicyclic) bond motifs is 1. The molecule has 8 heteroatoms. The molecule has 29 heavy (non-hydrogen) atoms. The first-order chi connectivity index (χ1) is 14.1. The number of anilines is 1. The van der Waals surface area contributed by atoms with Crippen LogP contribution in [0.2, 0.25) is 0 Å². The van der Waals surface area contributed by atoms with Crippen molar-refractivity contribution in [1.29, 1.82) is 0 Å². The van der Waals surface area contributed by atoms with Crippen LogP contribution in [0, 0.1) is 6.92 Å². The molecule has 0 radical (unpaired) electrons. The summed E-state index contributed by atoms with van der Waals surface area (Å²) in [6.07, 6.45) is 1.47. The molecule has 0 saturated carbocycles. The number of aromatic nitrogens is 5. The molecule has 0 aliphatic rings. The lowest BCUT2D eigenvalue weighted by Crippen LogP contribution is -2.14. The topological polar surface area (TPSA) is 88.5 Å². The Morgan fingerprint density at radius 2 is 2.00 bits per heavy atom. The monoisotopic (exact) mass is 406 g/mol. The van der Waals surface area contributed by atoms with Gasteiger partial charge in [-0.3, -0.25) is 4.79 Å². The van der Waals surface area contributed by atoms with Crippen molar-refractivity contribution >= 4 is 34.4 Å². The number of aromatic amines is 1. The Morgan fingerprint density at radius 1 is 1.14 bits per heavy atom. The van der Waals surface area contributed by atoms with E-state index >= 15 is 0 Å². The Bertz CT molecular complexity index is 1120. The van der Waals surface area contributed by atoms with Crippen LogP contribution in [0.4, 0.5) is 5.69 Å². The van der Waals surface area contributed by atoms with Crippen LogP contribution in [0.3, 0.4) is 0 Å². The summed E-state index contributed by atoms with van der Waals surface area (Å²) in [7, 11) is 1.93. The van der Waals surface area contributed by atoms with Crippen molar-refractivity contribution in [2.45, 2.75) is 24.9 Å². The maximum absolute atomic E-state index is 12.2. The van der Waals surface area contributed by atoms with E-state index in [4.69, 9.17) is 0 Å². The fraction of sp³-hybridized carbons (Fsp3) is 0.238. The first kappa shape index (κ1) is 19.2. The molecule has 2 N–H and O–H groups in total. The maximum Gasteiger partial charge on any atom is 0.234 e. The van der Waals surface area contributed by atoms with Crippen molar-refractivity contribution in [1.82, 2.24) is 24.7 Å². The van der Waals surface area contributed by atoms with Gasteiger partial charge in [0.2, 0.25) is 5.91 Å². The molecule has 2 heterocycles. The van der Waals surface area contributed by atoms with Crippen molar-refractivity contribution in [3.63, 3.8) is 0 Å². The minimum Gasteiger partial charge on any atom is -0.342 e. The van der Waals surface area contributed by atoms with E-state index in [1.54, 1.807) is 0 Å². The van der Waals surface area contributed by atoms with E-state index in [2.05, 4.69) is 25.5 Å². The number of carbonyl (C=O) groups is 1. The molecule has 0 fully saturated rings. The van der Waals surface area contributed by atoms with Crippen molar-refractivity contribution in [2.75, 3.05) is 11.1 Å². The van der Waals surface area contributed by atoms with Crippen molar-refractivity contribution in [2.24, 2.45) is 7.05 Å². The zero-order valence-corrected chi connectivity index (χ0v) is 17.2. The quantitative estimate of drug-likeness (QED) is 0.459. The van der Waals surface area contributed by atoms with Gasteiger partial charge in [0.25, 0.3) is 0 Å². The summed E-state index contributed by atoms with van der Waals surface area (Å²) in [5.41, 5.74) is 3.92. The van der Waals surface area contributed by atoms with E-state index in [1.807, 2.05) is 67.1 Å². The zero-order valence-electron chi connectivity index (χ0n) is 16.3. The zero-order chi connectivity index (χ0) is 20.2. The summed E-state index contributed by atoms with van der Waals surface area (Å²) in [6.45, 7) is 2.00. The predicted molar refractivity (Wildman–Crippen MR) is 115 cm³/mol. The molecular formula is C21H22N6OS. The normalized spacial score (nSPS) is 11.1. The second-order valence-electron chi connectivity index (χ2n) is 6.86. The number of nitrogens with zero attached hydrogens (tertiary/aromatic N) is 4. The van der Waals surface area contributed by atoms with Crippen LogP contribution in [-0.2, 0) is 24.7 Å². The van der Waals surface area contributed by atoms with Gasteiger partial charge >= 0.3 is 0 Å². The van der Waals surface area contributed by atoms with Gasteiger partial charge < -0.3 is 14.9 Å². The molecule has 148 valence electrons. The summed E-state index contributed by atoms with van der Waals surface area (Å²) in [4.78, 5) is 20.1. The summed E-state index contributed by atoms with van der Waals surface area (Å²) in [6, 6.07) is 15.7. The molecule has 0 atom stereocenters. The molecule has 0 spiro atoms. The maximum atomic E-state index is 12.2. The second kappa shape index (κ2) is 8.48. The number of aryl methyl sites for hydroxylation is 3. The van der Waals surface area contributed by atoms with Crippen LogP contribution in [0.25, 0.3) is 11.0 Å². The number of rotatable bonds is 7. The SMILES string of the molecule is Cc1cccc(NC(=O)CSc2nnc(CCc3nc4ccccc4[nH]3)n2C)c1. The van der Waals surface area contributed by atoms with Gasteiger partial charge in [0, 0.05) is 25.6 Å². The van der Waals surface area contributed by atoms with Crippen LogP contribution in [0.1, 0.15) is 17.2 Å². The molecule has 7 nitrogen and oxygen atoms in total. The highest BCUT2D eigenvalue weighted by Crippen LogP contribution is 2.18. The van der Waals surface area contributed by atoms with Gasteiger partial charge in [0.1, 0.15) is 11.6 Å². The van der Waals surface area contributed by atoms with E-state index in [9.17, 15) is 4.79 Å². The molecule has 4 aromatic rings. The van der Waals surface area contributed by atoms with Gasteiger partial charge in [-0.2, -0.15) is 0 Å². The first-order valence-corrected chi connectivity index (χ1v) is 10.4. The lowest BCUT2D eigenvalue weighted by molar-refractivity contribution is -0.113. The third kappa shape index (κ3) is 4.65. The Labute approximate surface area is 173 Å². The largest absolute Gasteiger partial charge is 0.342 e. The van der Waals surface area contributed by atoms with Gasteiger partial charge in [-0.05, 0) is 36.8 Å². The van der Waals surface area contributed by atoms with Crippen LogP contribution < -0.4 is 5.32 Å². The number of thioether (sulfide) groups is 1. The van der Waals surface area contributed by atoms with E-state index < -0.39 is 0 Å². The van der Waals surface area contributed by atoms with Crippen molar-refractivity contribution < 1.29 is 4.79 Å². The second-order valence-corrected chi connectivity index (χ2v) is 7.81. The van der Waals surface area contributed by atoms with Gasteiger partial charge in [-0.1, -0.05) is 36.0 Å². The third-order valence-corrected chi connectivity index (χ3v) is 5.60. The molecule has 0 unspecified atom stereocenters. The molecule has 0 saturated heterocycles. The minimum absolute atomic E-state index is 0.0626. The lowest BCUT2D eigenvalue weighted by Gasteiger charge is -2.06. The molecule has 0 bridgehead atoms. The summed E-state index contributed by atoms with van der Waals surface area (Å²) in [5, 5.41) is 12.1. The average Bonchev–Trinajstić information content (AvgIpc) is 3.27. The number of H-pyrrole nitrogens is 1. The highest BCUT2D eigenvalue weighted by molar-refractivity contribution is 7.99.